The highest BCUT2D eigenvalue weighted by atomic mass is 19.1. The largest absolute Gasteiger partial charge is 0.378 e. The molecule has 1 fully saturated rings. The van der Waals surface area contributed by atoms with E-state index in [9.17, 15) is 4.39 Å². The molecule has 1 aromatic carbocycles. The van der Waals surface area contributed by atoms with E-state index in [0.717, 1.165) is 46.9 Å². The van der Waals surface area contributed by atoms with Crippen molar-refractivity contribution in [3.05, 3.63) is 77.9 Å². The molecular weight excluding hydrogens is 407 g/mol. The summed E-state index contributed by atoms with van der Waals surface area (Å²) in [7, 11) is 0. The van der Waals surface area contributed by atoms with Crippen molar-refractivity contribution in [3.63, 3.8) is 0 Å². The van der Waals surface area contributed by atoms with E-state index < -0.39 is 6.67 Å². The summed E-state index contributed by atoms with van der Waals surface area (Å²) < 4.78 is 20.1. The quantitative estimate of drug-likeness (QED) is 0.436. The molecule has 0 aliphatic carbocycles. The highest BCUT2D eigenvalue weighted by Gasteiger charge is 2.18. The molecule has 4 aromatic rings. The van der Waals surface area contributed by atoms with Gasteiger partial charge in [0, 0.05) is 37.3 Å². The number of benzene rings is 1. The third-order valence-electron chi connectivity index (χ3n) is 5.41. The summed E-state index contributed by atoms with van der Waals surface area (Å²) in [6, 6.07) is 13.2. The van der Waals surface area contributed by atoms with Gasteiger partial charge in [-0.2, -0.15) is 5.10 Å². The number of hydrogen-bond donors (Lipinski definition) is 0. The molecule has 0 saturated carbocycles. The number of imidazole rings is 1. The maximum absolute atomic E-state index is 12.7. The summed E-state index contributed by atoms with van der Waals surface area (Å²) in [6.45, 7) is 2.96. The van der Waals surface area contributed by atoms with E-state index in [4.69, 9.17) is 14.8 Å². The summed E-state index contributed by atoms with van der Waals surface area (Å²) in [4.78, 5) is 15.8. The summed E-state index contributed by atoms with van der Waals surface area (Å²) >= 11 is 0. The van der Waals surface area contributed by atoms with Crippen LogP contribution in [0.2, 0.25) is 0 Å². The summed E-state index contributed by atoms with van der Waals surface area (Å²) in [5, 5.41) is 4.75. The molecule has 162 valence electrons. The number of morpholine rings is 1. The van der Waals surface area contributed by atoms with Gasteiger partial charge in [-0.3, -0.25) is 9.98 Å². The van der Waals surface area contributed by atoms with Crippen LogP contribution in [0.5, 0.6) is 0 Å². The molecule has 0 atom stereocenters. The van der Waals surface area contributed by atoms with Gasteiger partial charge in [-0.05, 0) is 29.3 Å². The van der Waals surface area contributed by atoms with Crippen molar-refractivity contribution in [1.29, 1.82) is 0 Å². The number of alkyl halides is 1. The molecule has 1 saturated heterocycles. The average molecular weight is 430 g/mol. The maximum Gasteiger partial charge on any atom is 0.177 e. The van der Waals surface area contributed by atoms with Gasteiger partial charge in [-0.15, -0.1) is 0 Å². The monoisotopic (exact) mass is 430 g/mol. The number of rotatable bonds is 6. The first-order chi connectivity index (χ1) is 15.8. The molecule has 4 heterocycles. The van der Waals surface area contributed by atoms with Crippen LogP contribution in [0.3, 0.4) is 0 Å². The van der Waals surface area contributed by atoms with Gasteiger partial charge >= 0.3 is 0 Å². The molecule has 5 rings (SSSR count). The second kappa shape index (κ2) is 9.23. The first-order valence-corrected chi connectivity index (χ1v) is 10.6. The molecule has 0 unspecified atom stereocenters. The number of aromatic nitrogens is 4. The van der Waals surface area contributed by atoms with Crippen LogP contribution in [0.15, 0.2) is 66.0 Å². The Kier molecular flexibility index (Phi) is 5.85. The molecular formula is C24H23FN6O. The van der Waals surface area contributed by atoms with E-state index in [1.807, 2.05) is 35.0 Å². The van der Waals surface area contributed by atoms with Gasteiger partial charge in [0.15, 0.2) is 5.65 Å². The van der Waals surface area contributed by atoms with E-state index in [1.165, 1.54) is 0 Å². The zero-order valence-corrected chi connectivity index (χ0v) is 17.6. The van der Waals surface area contributed by atoms with Crippen LogP contribution in [0.25, 0.3) is 16.9 Å². The number of hydrogen-bond acceptors (Lipinski definition) is 6. The molecule has 32 heavy (non-hydrogen) atoms. The molecule has 1 aliphatic rings. The third-order valence-corrected chi connectivity index (χ3v) is 5.41. The van der Waals surface area contributed by atoms with Crippen LogP contribution in [-0.2, 0) is 18.0 Å². The fraction of sp³-hybridized carbons (Fsp3) is 0.250. The van der Waals surface area contributed by atoms with Gasteiger partial charge in [0.05, 0.1) is 43.0 Å². The van der Waals surface area contributed by atoms with Crippen molar-refractivity contribution in [3.8, 4) is 11.3 Å². The van der Waals surface area contributed by atoms with Crippen molar-refractivity contribution in [2.45, 2.75) is 13.2 Å². The fourth-order valence-corrected chi connectivity index (χ4v) is 3.73. The van der Waals surface area contributed by atoms with E-state index in [2.05, 4.69) is 20.9 Å². The lowest BCUT2D eigenvalue weighted by atomic mass is 10.2. The number of anilines is 1. The van der Waals surface area contributed by atoms with Gasteiger partial charge in [0.25, 0.3) is 0 Å². The molecule has 7 nitrogen and oxygen atoms in total. The van der Waals surface area contributed by atoms with Crippen molar-refractivity contribution in [1.82, 2.24) is 19.6 Å². The lowest BCUT2D eigenvalue weighted by molar-refractivity contribution is 0.123. The van der Waals surface area contributed by atoms with E-state index in [1.54, 1.807) is 30.7 Å². The number of halogens is 1. The topological polar surface area (TPSA) is 67.9 Å². The highest BCUT2D eigenvalue weighted by Crippen LogP contribution is 2.26. The van der Waals surface area contributed by atoms with Crippen LogP contribution in [0.4, 0.5) is 10.1 Å². The van der Waals surface area contributed by atoms with Gasteiger partial charge < -0.3 is 9.64 Å². The molecule has 0 radical (unpaired) electrons. The number of ether oxygens (including phenoxy) is 1. The Labute approximate surface area is 185 Å². The summed E-state index contributed by atoms with van der Waals surface area (Å²) in [6.07, 6.45) is 7.25. The maximum atomic E-state index is 12.7. The predicted octanol–water partition coefficient (Wildman–Crippen LogP) is 3.72. The second-order valence-corrected chi connectivity index (χ2v) is 7.60. The van der Waals surface area contributed by atoms with E-state index in [-0.39, 0.29) is 0 Å². The Morgan fingerprint density at radius 2 is 1.84 bits per heavy atom. The second-order valence-electron chi connectivity index (χ2n) is 7.60. The summed E-state index contributed by atoms with van der Waals surface area (Å²) in [5.41, 5.74) is 6.12. The van der Waals surface area contributed by atoms with E-state index >= 15 is 0 Å². The normalized spacial score (nSPS) is 14.5. The predicted molar refractivity (Wildman–Crippen MR) is 122 cm³/mol. The Bertz CT molecular complexity index is 1220. The highest BCUT2D eigenvalue weighted by molar-refractivity contribution is 5.79. The minimum Gasteiger partial charge on any atom is -0.378 e. The first-order valence-electron chi connectivity index (χ1n) is 10.6. The zero-order valence-electron chi connectivity index (χ0n) is 17.6. The molecule has 0 N–H and O–H groups in total. The Morgan fingerprint density at radius 1 is 1.06 bits per heavy atom. The minimum atomic E-state index is -0.460. The molecule has 1 aliphatic heterocycles. The number of fused-ring (bicyclic) bond motifs is 1. The molecule has 0 bridgehead atoms. The standard InChI is InChI=1S/C24H23FN6O/c25-14-18-1-3-19(4-2-18)15-27-16-21-13-23(30-9-11-32-12-10-30)24-28-22(17-31(24)29-21)20-5-7-26-8-6-20/h1-8,13,15,17H,9-12,14,16H2. The van der Waals surface area contributed by atoms with Crippen LogP contribution in [0, 0.1) is 0 Å². The zero-order chi connectivity index (χ0) is 21.8. The van der Waals surface area contributed by atoms with Crippen LogP contribution in [0.1, 0.15) is 16.8 Å². The van der Waals surface area contributed by atoms with Crippen LogP contribution < -0.4 is 4.90 Å². The average Bonchev–Trinajstić information content (AvgIpc) is 3.29. The lowest BCUT2D eigenvalue weighted by Gasteiger charge is -2.29. The van der Waals surface area contributed by atoms with E-state index in [0.29, 0.717) is 25.3 Å². The third kappa shape index (κ3) is 4.36. The molecule has 0 amide bonds. The van der Waals surface area contributed by atoms with Crippen molar-refractivity contribution in [2.75, 3.05) is 31.2 Å². The molecule has 3 aromatic heterocycles. The van der Waals surface area contributed by atoms with Gasteiger partial charge in [0.2, 0.25) is 0 Å². The minimum absolute atomic E-state index is 0.431. The Balaban J connectivity index is 1.47. The molecule has 8 heteroatoms. The van der Waals surface area contributed by atoms with Crippen molar-refractivity contribution < 1.29 is 9.13 Å². The first kappa shape index (κ1) is 20.3. The Morgan fingerprint density at radius 3 is 2.59 bits per heavy atom. The van der Waals surface area contributed by atoms with Crippen LogP contribution >= 0.6 is 0 Å². The van der Waals surface area contributed by atoms with Crippen molar-refractivity contribution >= 4 is 17.5 Å². The lowest BCUT2D eigenvalue weighted by Crippen LogP contribution is -2.36. The smallest absolute Gasteiger partial charge is 0.177 e. The number of aliphatic imine (C=N–C) groups is 1. The number of pyridine rings is 1. The van der Waals surface area contributed by atoms with Crippen LogP contribution in [-0.4, -0.2) is 52.1 Å². The Hall–Kier alpha value is -3.65. The molecule has 0 spiro atoms. The van der Waals surface area contributed by atoms with Gasteiger partial charge in [-0.1, -0.05) is 24.3 Å². The summed E-state index contributed by atoms with van der Waals surface area (Å²) in [5.74, 6) is 0. The van der Waals surface area contributed by atoms with Crippen molar-refractivity contribution in [2.24, 2.45) is 4.99 Å². The number of nitrogens with zero attached hydrogens (tertiary/aromatic N) is 6. The van der Waals surface area contributed by atoms with Gasteiger partial charge in [0.1, 0.15) is 6.67 Å². The van der Waals surface area contributed by atoms with Gasteiger partial charge in [-0.25, -0.2) is 13.9 Å². The fourth-order valence-electron chi connectivity index (χ4n) is 3.73. The SMILES string of the molecule is FCc1ccc(C=NCc2cc(N3CCOCC3)c3nc(-c4ccncc4)cn3n2)cc1.